The fraction of sp³-hybridized carbons (Fsp3) is 0.550. The van der Waals surface area contributed by atoms with Gasteiger partial charge in [-0.15, -0.1) is 11.8 Å². The molecule has 3 rings (SSSR count). The van der Waals surface area contributed by atoms with Gasteiger partial charge in [-0.25, -0.2) is 0 Å². The Kier molecular flexibility index (Phi) is 6.77. The lowest BCUT2D eigenvalue weighted by molar-refractivity contribution is -0.154. The minimum Gasteiger partial charge on any atom is -0.451 e. The van der Waals surface area contributed by atoms with Gasteiger partial charge < -0.3 is 10.1 Å². The molecule has 1 fully saturated rings. The van der Waals surface area contributed by atoms with Gasteiger partial charge in [0.05, 0.1) is 11.4 Å². The summed E-state index contributed by atoms with van der Waals surface area (Å²) in [5.74, 6) is -0.682. The molecule has 7 heteroatoms. The average molecular weight is 391 g/mol. The van der Waals surface area contributed by atoms with E-state index >= 15 is 0 Å². The molecule has 0 unspecified atom stereocenters. The maximum atomic E-state index is 12.3. The highest BCUT2D eigenvalue weighted by Crippen LogP contribution is 2.34. The Labute approximate surface area is 164 Å². The first-order valence-corrected chi connectivity index (χ1v) is 10.5. The fourth-order valence-electron chi connectivity index (χ4n) is 3.49. The van der Waals surface area contributed by atoms with E-state index in [2.05, 4.69) is 5.32 Å². The van der Waals surface area contributed by atoms with Crippen LogP contribution in [0.25, 0.3) is 0 Å². The first kappa shape index (κ1) is 19.7. The summed E-state index contributed by atoms with van der Waals surface area (Å²) in [6, 6.07) is 7.63. The fourth-order valence-corrected chi connectivity index (χ4v) is 4.42. The molecule has 1 aliphatic heterocycles. The summed E-state index contributed by atoms with van der Waals surface area (Å²) in [6.07, 6.45) is 5.74. The van der Waals surface area contributed by atoms with Gasteiger partial charge in [-0.05, 0) is 31.9 Å². The van der Waals surface area contributed by atoms with Gasteiger partial charge in [-0.2, -0.15) is 0 Å². The molecule has 146 valence electrons. The number of esters is 1. The third-order valence-corrected chi connectivity index (χ3v) is 6.02. The molecule has 1 aromatic rings. The summed E-state index contributed by atoms with van der Waals surface area (Å²) in [4.78, 5) is 39.3. The van der Waals surface area contributed by atoms with Crippen molar-refractivity contribution in [1.29, 1.82) is 0 Å². The van der Waals surface area contributed by atoms with E-state index in [-0.39, 0.29) is 24.4 Å². The number of fused-ring (bicyclic) bond motifs is 1. The van der Waals surface area contributed by atoms with Crippen molar-refractivity contribution in [3.63, 3.8) is 0 Å². The SMILES string of the molecule is C[C@H](OC(=O)CN1C(=O)CSc2ccccc21)C(=O)NC1CCCCCC1. The molecule has 0 bridgehead atoms. The third kappa shape index (κ3) is 5.25. The molecule has 0 saturated heterocycles. The minimum atomic E-state index is -0.870. The van der Waals surface area contributed by atoms with Gasteiger partial charge in [-0.3, -0.25) is 19.3 Å². The normalized spacial score (nSPS) is 19.0. The summed E-state index contributed by atoms with van der Waals surface area (Å²) < 4.78 is 5.30. The lowest BCUT2D eigenvalue weighted by Crippen LogP contribution is -2.44. The highest BCUT2D eigenvalue weighted by atomic mass is 32.2. The van der Waals surface area contributed by atoms with E-state index in [0.717, 1.165) is 30.6 Å². The van der Waals surface area contributed by atoms with Crippen LogP contribution >= 0.6 is 11.8 Å². The standard InChI is InChI=1S/C20H26N2O4S/c1-14(20(25)21-15-8-4-2-3-5-9-15)26-19(24)12-22-16-10-6-7-11-17(16)27-13-18(22)23/h6-7,10-11,14-15H,2-5,8-9,12-13H2,1H3,(H,21,25)/t14-/m0/s1. The Bertz CT molecular complexity index is 701. The Morgan fingerprint density at radius 3 is 2.67 bits per heavy atom. The number of benzene rings is 1. The Hall–Kier alpha value is -2.02. The number of anilines is 1. The zero-order valence-corrected chi connectivity index (χ0v) is 16.4. The van der Waals surface area contributed by atoms with Crippen molar-refractivity contribution in [3.8, 4) is 0 Å². The van der Waals surface area contributed by atoms with Crippen molar-refractivity contribution in [2.45, 2.75) is 62.5 Å². The van der Waals surface area contributed by atoms with Crippen LogP contribution in [0, 0.1) is 0 Å². The summed E-state index contributed by atoms with van der Waals surface area (Å²) in [7, 11) is 0. The van der Waals surface area contributed by atoms with Crippen LogP contribution in [0.5, 0.6) is 0 Å². The highest BCUT2D eigenvalue weighted by molar-refractivity contribution is 8.00. The van der Waals surface area contributed by atoms with Gasteiger partial charge in [0, 0.05) is 10.9 Å². The van der Waals surface area contributed by atoms with E-state index in [1.54, 1.807) is 6.92 Å². The van der Waals surface area contributed by atoms with Gasteiger partial charge in [-0.1, -0.05) is 37.8 Å². The average Bonchev–Trinajstić information content (AvgIpc) is 2.92. The first-order valence-electron chi connectivity index (χ1n) is 9.56. The van der Waals surface area contributed by atoms with Crippen LogP contribution in [-0.4, -0.2) is 42.2 Å². The van der Waals surface area contributed by atoms with E-state index in [0.29, 0.717) is 11.4 Å². The molecule has 0 spiro atoms. The lowest BCUT2D eigenvalue weighted by atomic mass is 10.1. The number of thioether (sulfide) groups is 1. The van der Waals surface area contributed by atoms with Crippen LogP contribution < -0.4 is 10.2 Å². The summed E-state index contributed by atoms with van der Waals surface area (Å²) in [5, 5.41) is 2.99. The molecule has 1 aromatic carbocycles. The van der Waals surface area contributed by atoms with Crippen molar-refractivity contribution in [2.24, 2.45) is 0 Å². The molecule has 1 atom stereocenters. The lowest BCUT2D eigenvalue weighted by Gasteiger charge is -2.28. The van der Waals surface area contributed by atoms with Gasteiger partial charge in [0.1, 0.15) is 6.54 Å². The van der Waals surface area contributed by atoms with E-state index in [4.69, 9.17) is 4.74 Å². The summed E-state index contributed by atoms with van der Waals surface area (Å²) >= 11 is 1.46. The van der Waals surface area contributed by atoms with Gasteiger partial charge >= 0.3 is 5.97 Å². The predicted octanol–water partition coefficient (Wildman–Crippen LogP) is 2.90. The van der Waals surface area contributed by atoms with E-state index in [1.807, 2.05) is 24.3 Å². The van der Waals surface area contributed by atoms with Crippen LogP contribution in [-0.2, 0) is 19.1 Å². The van der Waals surface area contributed by atoms with E-state index in [9.17, 15) is 14.4 Å². The molecular weight excluding hydrogens is 364 g/mol. The number of carbonyl (C=O) groups is 3. The molecule has 0 radical (unpaired) electrons. The smallest absolute Gasteiger partial charge is 0.326 e. The molecule has 0 aromatic heterocycles. The number of rotatable bonds is 5. The molecule has 2 aliphatic rings. The van der Waals surface area contributed by atoms with Crippen LogP contribution in [0.1, 0.15) is 45.4 Å². The van der Waals surface area contributed by atoms with Crippen LogP contribution in [0.2, 0.25) is 0 Å². The molecular formula is C20H26N2O4S. The molecule has 6 nitrogen and oxygen atoms in total. The van der Waals surface area contributed by atoms with Gasteiger partial charge in [0.15, 0.2) is 6.10 Å². The van der Waals surface area contributed by atoms with Crippen LogP contribution in [0.3, 0.4) is 0 Å². The maximum Gasteiger partial charge on any atom is 0.326 e. The van der Waals surface area contributed by atoms with Crippen molar-refractivity contribution >= 4 is 35.2 Å². The largest absolute Gasteiger partial charge is 0.451 e. The number of nitrogens with zero attached hydrogens (tertiary/aromatic N) is 1. The zero-order chi connectivity index (χ0) is 19.2. The van der Waals surface area contributed by atoms with E-state index < -0.39 is 12.1 Å². The number of hydrogen-bond acceptors (Lipinski definition) is 5. The zero-order valence-electron chi connectivity index (χ0n) is 15.6. The number of amides is 2. The van der Waals surface area contributed by atoms with Crippen molar-refractivity contribution in [2.75, 3.05) is 17.2 Å². The van der Waals surface area contributed by atoms with Crippen molar-refractivity contribution in [3.05, 3.63) is 24.3 Å². The summed E-state index contributed by atoms with van der Waals surface area (Å²) in [6.45, 7) is 1.39. The number of para-hydroxylation sites is 1. The Morgan fingerprint density at radius 2 is 1.93 bits per heavy atom. The molecule has 1 heterocycles. The van der Waals surface area contributed by atoms with Gasteiger partial charge in [0.25, 0.3) is 5.91 Å². The predicted molar refractivity (Wildman–Crippen MR) is 105 cm³/mol. The molecule has 2 amide bonds. The van der Waals surface area contributed by atoms with Crippen LogP contribution in [0.4, 0.5) is 5.69 Å². The number of carbonyl (C=O) groups excluding carboxylic acids is 3. The monoisotopic (exact) mass is 390 g/mol. The number of hydrogen-bond donors (Lipinski definition) is 1. The minimum absolute atomic E-state index is 0.133. The molecule has 27 heavy (non-hydrogen) atoms. The number of nitrogens with one attached hydrogen (secondary N) is 1. The van der Waals surface area contributed by atoms with E-state index in [1.165, 1.54) is 29.5 Å². The highest BCUT2D eigenvalue weighted by Gasteiger charge is 2.28. The molecule has 1 N–H and O–H groups in total. The quantitative estimate of drug-likeness (QED) is 0.618. The second-order valence-corrected chi connectivity index (χ2v) is 8.08. The molecule has 1 aliphatic carbocycles. The van der Waals surface area contributed by atoms with Gasteiger partial charge in [0.2, 0.25) is 5.91 Å². The number of ether oxygens (including phenoxy) is 1. The first-order chi connectivity index (χ1) is 13.0. The second-order valence-electron chi connectivity index (χ2n) is 7.07. The van der Waals surface area contributed by atoms with Crippen molar-refractivity contribution in [1.82, 2.24) is 5.32 Å². The Morgan fingerprint density at radius 1 is 1.22 bits per heavy atom. The summed E-state index contributed by atoms with van der Waals surface area (Å²) in [5.41, 5.74) is 0.714. The van der Waals surface area contributed by atoms with Crippen LogP contribution in [0.15, 0.2) is 29.2 Å². The topological polar surface area (TPSA) is 75.7 Å². The molecule has 1 saturated carbocycles. The Balaban J connectivity index is 1.54. The maximum absolute atomic E-state index is 12.3. The third-order valence-electron chi connectivity index (χ3n) is 4.97. The van der Waals surface area contributed by atoms with Crippen molar-refractivity contribution < 1.29 is 19.1 Å². The second kappa shape index (κ2) is 9.26.